The monoisotopic (exact) mass is 725 g/mol. The van der Waals surface area contributed by atoms with Crippen molar-refractivity contribution in [2.45, 2.75) is 57.2 Å². The van der Waals surface area contributed by atoms with Crippen LogP contribution in [0.15, 0.2) is 37.1 Å². The number of amides is 1. The van der Waals surface area contributed by atoms with E-state index in [4.69, 9.17) is 20.0 Å². The summed E-state index contributed by atoms with van der Waals surface area (Å²) in [5.41, 5.74) is 4.52. The van der Waals surface area contributed by atoms with E-state index in [0.717, 1.165) is 66.4 Å². The number of rotatable bonds is 9. The van der Waals surface area contributed by atoms with Crippen LogP contribution in [0.2, 0.25) is 0 Å². The van der Waals surface area contributed by atoms with E-state index in [1.165, 1.54) is 6.08 Å². The number of aromatic amines is 1. The van der Waals surface area contributed by atoms with Gasteiger partial charge in [0, 0.05) is 86.6 Å². The molecule has 6 heterocycles. The van der Waals surface area contributed by atoms with Crippen molar-refractivity contribution in [1.82, 2.24) is 30.0 Å². The van der Waals surface area contributed by atoms with Crippen molar-refractivity contribution >= 4 is 39.5 Å². The van der Waals surface area contributed by atoms with Crippen molar-refractivity contribution in [1.29, 1.82) is 5.26 Å². The van der Waals surface area contributed by atoms with Gasteiger partial charge in [-0.05, 0) is 79.3 Å². The summed E-state index contributed by atoms with van der Waals surface area (Å²) in [5.74, 6) is 1.84. The number of likely N-dealkylation sites (tertiary alicyclic amines) is 2. The number of nitrogens with one attached hydrogen (secondary N) is 1. The van der Waals surface area contributed by atoms with Gasteiger partial charge in [0.25, 0.3) is 0 Å². The second-order valence-corrected chi connectivity index (χ2v) is 15.8. The van der Waals surface area contributed by atoms with Crippen molar-refractivity contribution in [2.24, 2.45) is 11.3 Å². The number of hydrogen-bond acceptors (Lipinski definition) is 9. The minimum absolute atomic E-state index is 0.0419. The SMILES string of the molecule is C=CC(=O)N1CC2(CCN(c3nc(N4CC(N5CC(CC#N)C5)C4)nc4c(OCC(F)(F)F)c(-c5c(C)ccc6[nH]ncc56)c(C5CC5)cc34)CC2)C1. The van der Waals surface area contributed by atoms with Gasteiger partial charge >= 0.3 is 6.18 Å². The number of carbonyl (C=O) groups is 1. The minimum Gasteiger partial charge on any atom is -0.481 e. The summed E-state index contributed by atoms with van der Waals surface area (Å²) in [6, 6.07) is 8.60. The third-order valence-electron chi connectivity index (χ3n) is 12.1. The standard InChI is InChI=1S/C39H42F3N9O2/c1-3-31(52)51-20-38(21-51)9-12-48(13-10-38)36-28-14-27(25-5-6-25)33(32-23(2)4-7-30-29(32)15-44-47-30)35(53-22-39(40,41)42)34(28)45-37(46-36)50-18-26(19-50)49-16-24(17-49)8-11-43/h3-4,7,14-15,24-26H,1,5-6,8-10,12-13,16-22H2,2H3,(H,44,47). The summed E-state index contributed by atoms with van der Waals surface area (Å²) >= 11 is 0. The lowest BCUT2D eigenvalue weighted by Crippen LogP contribution is -2.65. The first-order valence-corrected chi connectivity index (χ1v) is 18.6. The number of nitrogens with zero attached hydrogens (tertiary/aromatic N) is 8. The van der Waals surface area contributed by atoms with Gasteiger partial charge < -0.3 is 19.4 Å². The zero-order valence-corrected chi connectivity index (χ0v) is 29.8. The Labute approximate surface area is 305 Å². The van der Waals surface area contributed by atoms with E-state index < -0.39 is 12.8 Å². The molecule has 1 amide bonds. The predicted molar refractivity (Wildman–Crippen MR) is 195 cm³/mol. The first-order valence-electron chi connectivity index (χ1n) is 18.6. The largest absolute Gasteiger partial charge is 0.481 e. The molecule has 53 heavy (non-hydrogen) atoms. The summed E-state index contributed by atoms with van der Waals surface area (Å²) in [5, 5.41) is 17.9. The molecule has 0 radical (unpaired) electrons. The molecule has 1 aliphatic carbocycles. The van der Waals surface area contributed by atoms with E-state index in [1.54, 1.807) is 6.20 Å². The fourth-order valence-electron chi connectivity index (χ4n) is 8.91. The maximum atomic E-state index is 14.1. The summed E-state index contributed by atoms with van der Waals surface area (Å²) in [7, 11) is 0. The lowest BCUT2D eigenvalue weighted by molar-refractivity contribution is -0.153. The van der Waals surface area contributed by atoms with Crippen LogP contribution in [0.25, 0.3) is 32.9 Å². The Morgan fingerprint density at radius 1 is 1.09 bits per heavy atom. The molecule has 1 spiro atoms. The number of aryl methyl sites for hydroxylation is 1. The fourth-order valence-corrected chi connectivity index (χ4v) is 8.91. The predicted octanol–water partition coefficient (Wildman–Crippen LogP) is 5.95. The summed E-state index contributed by atoms with van der Waals surface area (Å²) in [4.78, 5) is 31.1. The van der Waals surface area contributed by atoms with Crippen LogP contribution in [0.4, 0.5) is 24.9 Å². The topological polar surface area (TPSA) is 118 Å². The van der Waals surface area contributed by atoms with Gasteiger partial charge in [0.05, 0.1) is 17.8 Å². The number of ether oxygens (including phenoxy) is 1. The molecule has 2 aromatic carbocycles. The molecule has 4 saturated heterocycles. The molecule has 1 N–H and O–H groups in total. The second kappa shape index (κ2) is 12.6. The average Bonchev–Trinajstić information content (AvgIpc) is 3.83. The van der Waals surface area contributed by atoms with Crippen LogP contribution >= 0.6 is 0 Å². The van der Waals surface area contributed by atoms with E-state index in [9.17, 15) is 18.0 Å². The highest BCUT2D eigenvalue weighted by Gasteiger charge is 2.47. The lowest BCUT2D eigenvalue weighted by Gasteiger charge is -2.54. The molecule has 0 atom stereocenters. The zero-order valence-electron chi connectivity index (χ0n) is 29.8. The number of hydrogen-bond donors (Lipinski definition) is 1. The Bertz CT molecular complexity index is 2150. The molecule has 0 unspecified atom stereocenters. The van der Waals surface area contributed by atoms with Crippen molar-refractivity contribution < 1.29 is 22.7 Å². The van der Waals surface area contributed by atoms with Crippen LogP contribution in [0.5, 0.6) is 5.75 Å². The third kappa shape index (κ3) is 6.02. The number of alkyl halides is 3. The van der Waals surface area contributed by atoms with E-state index in [-0.39, 0.29) is 23.0 Å². The smallest absolute Gasteiger partial charge is 0.422 e. The quantitative estimate of drug-likeness (QED) is 0.209. The van der Waals surface area contributed by atoms with Gasteiger partial charge in [-0.3, -0.25) is 14.8 Å². The number of carbonyl (C=O) groups excluding carboxylic acids is 1. The van der Waals surface area contributed by atoms with Gasteiger partial charge in [-0.1, -0.05) is 12.6 Å². The van der Waals surface area contributed by atoms with Gasteiger partial charge in [-0.15, -0.1) is 0 Å². The molecule has 5 fully saturated rings. The molecule has 0 bridgehead atoms. The molecular formula is C39H42F3N9O2. The highest BCUT2D eigenvalue weighted by atomic mass is 19.4. The summed E-state index contributed by atoms with van der Waals surface area (Å²) < 4.78 is 48.2. The Kier molecular flexibility index (Phi) is 8.07. The molecule has 1 saturated carbocycles. The van der Waals surface area contributed by atoms with Crippen molar-refractivity contribution in [2.75, 3.05) is 68.8 Å². The van der Waals surface area contributed by atoms with Gasteiger partial charge in [-0.2, -0.15) is 28.5 Å². The highest BCUT2D eigenvalue weighted by molar-refractivity contribution is 6.06. The number of anilines is 2. The van der Waals surface area contributed by atoms with Crippen LogP contribution in [-0.4, -0.2) is 107 Å². The number of benzene rings is 2. The number of aromatic nitrogens is 4. The molecule has 11 nitrogen and oxygen atoms in total. The normalized spacial score (nSPS) is 20.7. The molecule has 5 aliphatic rings. The maximum Gasteiger partial charge on any atom is 0.422 e. The van der Waals surface area contributed by atoms with E-state index in [0.29, 0.717) is 85.9 Å². The molecule has 9 rings (SSSR count). The van der Waals surface area contributed by atoms with Crippen LogP contribution < -0.4 is 14.5 Å². The number of nitriles is 1. The Morgan fingerprint density at radius 3 is 2.53 bits per heavy atom. The van der Waals surface area contributed by atoms with Crippen LogP contribution in [0.3, 0.4) is 0 Å². The average molecular weight is 726 g/mol. The van der Waals surface area contributed by atoms with Gasteiger partial charge in [0.1, 0.15) is 11.3 Å². The summed E-state index contributed by atoms with van der Waals surface area (Å²) in [6.45, 7) is 10.1. The van der Waals surface area contributed by atoms with Crippen molar-refractivity contribution in [3.63, 3.8) is 0 Å². The minimum atomic E-state index is -4.56. The molecule has 276 valence electrons. The number of fused-ring (bicyclic) bond motifs is 2. The van der Waals surface area contributed by atoms with Crippen molar-refractivity contribution in [3.05, 3.63) is 48.2 Å². The van der Waals surface area contributed by atoms with E-state index in [2.05, 4.69) is 43.6 Å². The molecule has 14 heteroatoms. The first-order chi connectivity index (χ1) is 25.5. The van der Waals surface area contributed by atoms with E-state index >= 15 is 0 Å². The molecular weight excluding hydrogens is 683 g/mol. The van der Waals surface area contributed by atoms with Crippen LogP contribution in [0, 0.1) is 29.6 Å². The molecule has 2 aromatic heterocycles. The number of halogens is 3. The van der Waals surface area contributed by atoms with Crippen LogP contribution in [-0.2, 0) is 4.79 Å². The Morgan fingerprint density at radius 2 is 1.85 bits per heavy atom. The van der Waals surface area contributed by atoms with Gasteiger partial charge in [0.2, 0.25) is 11.9 Å². The van der Waals surface area contributed by atoms with Gasteiger partial charge in [-0.25, -0.2) is 4.98 Å². The maximum absolute atomic E-state index is 14.1. The summed E-state index contributed by atoms with van der Waals surface area (Å²) in [6.07, 6.45) is 2.68. The lowest BCUT2D eigenvalue weighted by atomic mass is 9.72. The van der Waals surface area contributed by atoms with Gasteiger partial charge in [0.15, 0.2) is 12.4 Å². The second-order valence-electron chi connectivity index (χ2n) is 15.8. The van der Waals surface area contributed by atoms with E-state index in [1.807, 2.05) is 24.0 Å². The zero-order chi connectivity index (χ0) is 36.6. The Hall–Kier alpha value is -4.90. The number of piperidine rings is 1. The molecule has 4 aliphatic heterocycles. The Balaban J connectivity index is 1.16. The first kappa shape index (κ1) is 33.9. The van der Waals surface area contributed by atoms with Crippen molar-refractivity contribution in [3.8, 4) is 22.9 Å². The molecule has 4 aromatic rings. The highest BCUT2D eigenvalue weighted by Crippen LogP contribution is 2.53. The van der Waals surface area contributed by atoms with Crippen LogP contribution in [0.1, 0.15) is 49.1 Å². The third-order valence-corrected chi connectivity index (χ3v) is 12.1. The fraction of sp³-hybridized carbons (Fsp3) is 0.513. The number of H-pyrrole nitrogens is 1.